The standard InChI is InChI=1S/C30H27NO4/c1-4-15-34-23-12-8-11-22(18-23)27-26-28(32)24-16-19(2)20(3)17-25(24)35-29(26)30(33)31(27)14-13-21-9-6-5-7-10-21/h4-12,16-18,27H,1,13-15H2,2-3H3. The predicted molar refractivity (Wildman–Crippen MR) is 137 cm³/mol. The summed E-state index contributed by atoms with van der Waals surface area (Å²) in [6.07, 6.45) is 2.34. The molecule has 4 aromatic rings. The first-order valence-corrected chi connectivity index (χ1v) is 11.7. The third-order valence-corrected chi connectivity index (χ3v) is 6.61. The SMILES string of the molecule is C=CCOc1cccc(C2c3c(oc4cc(C)c(C)cc4c3=O)C(=O)N2CCc2ccccc2)c1. The van der Waals surface area contributed by atoms with Gasteiger partial charge in [-0.1, -0.05) is 55.1 Å². The van der Waals surface area contributed by atoms with E-state index < -0.39 is 6.04 Å². The van der Waals surface area contributed by atoms with Gasteiger partial charge in [0.2, 0.25) is 5.76 Å². The van der Waals surface area contributed by atoms with E-state index >= 15 is 0 Å². The second kappa shape index (κ2) is 9.26. The maximum absolute atomic E-state index is 13.8. The van der Waals surface area contributed by atoms with Gasteiger partial charge in [-0.2, -0.15) is 0 Å². The van der Waals surface area contributed by atoms with Crippen molar-refractivity contribution >= 4 is 16.9 Å². The number of hydrogen-bond donors (Lipinski definition) is 0. The first kappa shape index (κ1) is 22.7. The molecule has 0 aliphatic carbocycles. The second-order valence-electron chi connectivity index (χ2n) is 8.92. The van der Waals surface area contributed by atoms with E-state index in [1.165, 1.54) is 0 Å². The van der Waals surface area contributed by atoms with Crippen molar-refractivity contribution in [2.24, 2.45) is 0 Å². The molecule has 0 bridgehead atoms. The molecule has 5 heteroatoms. The molecule has 3 aromatic carbocycles. The van der Waals surface area contributed by atoms with E-state index in [-0.39, 0.29) is 17.1 Å². The molecule has 1 amide bonds. The van der Waals surface area contributed by atoms with E-state index in [1.807, 2.05) is 80.6 Å². The van der Waals surface area contributed by atoms with Crippen molar-refractivity contribution in [3.63, 3.8) is 0 Å². The molecule has 5 nitrogen and oxygen atoms in total. The lowest BCUT2D eigenvalue weighted by Crippen LogP contribution is -2.31. The topological polar surface area (TPSA) is 59.8 Å². The maximum atomic E-state index is 13.8. The number of carbonyl (C=O) groups excluding carboxylic acids is 1. The van der Waals surface area contributed by atoms with Crippen molar-refractivity contribution in [2.45, 2.75) is 26.3 Å². The van der Waals surface area contributed by atoms with Gasteiger partial charge >= 0.3 is 0 Å². The molecule has 0 N–H and O–H groups in total. The van der Waals surface area contributed by atoms with Gasteiger partial charge in [-0.15, -0.1) is 0 Å². The van der Waals surface area contributed by atoms with Gasteiger partial charge in [-0.05, 0) is 66.8 Å². The third kappa shape index (κ3) is 4.14. The van der Waals surface area contributed by atoms with Crippen LogP contribution in [0.2, 0.25) is 0 Å². The Morgan fingerprint density at radius 1 is 1.00 bits per heavy atom. The molecule has 0 saturated heterocycles. The van der Waals surface area contributed by atoms with Crippen molar-refractivity contribution in [3.05, 3.63) is 123 Å². The molecule has 5 rings (SSSR count). The fourth-order valence-corrected chi connectivity index (χ4v) is 4.68. The minimum Gasteiger partial charge on any atom is -0.490 e. The number of fused-ring (bicyclic) bond motifs is 2. The number of ether oxygens (including phenoxy) is 1. The first-order valence-electron chi connectivity index (χ1n) is 11.7. The summed E-state index contributed by atoms with van der Waals surface area (Å²) in [5.41, 5.74) is 4.61. The molecule has 176 valence electrons. The van der Waals surface area contributed by atoms with E-state index in [9.17, 15) is 9.59 Å². The third-order valence-electron chi connectivity index (χ3n) is 6.61. The molecule has 2 heterocycles. The Balaban J connectivity index is 1.65. The average Bonchev–Trinajstić information content (AvgIpc) is 3.15. The summed E-state index contributed by atoms with van der Waals surface area (Å²) >= 11 is 0. The summed E-state index contributed by atoms with van der Waals surface area (Å²) in [4.78, 5) is 29.2. The zero-order valence-electron chi connectivity index (χ0n) is 19.9. The van der Waals surface area contributed by atoms with E-state index in [2.05, 4.69) is 6.58 Å². The normalized spacial score (nSPS) is 14.9. The molecule has 1 unspecified atom stereocenters. The summed E-state index contributed by atoms with van der Waals surface area (Å²) in [6, 6.07) is 20.7. The van der Waals surface area contributed by atoms with Crippen molar-refractivity contribution in [2.75, 3.05) is 13.2 Å². The lowest BCUT2D eigenvalue weighted by Gasteiger charge is -2.25. The van der Waals surface area contributed by atoms with Crippen molar-refractivity contribution in [1.29, 1.82) is 0 Å². The average molecular weight is 466 g/mol. The van der Waals surface area contributed by atoms with Crippen LogP contribution in [0.25, 0.3) is 11.0 Å². The van der Waals surface area contributed by atoms with Crippen molar-refractivity contribution in [3.8, 4) is 5.75 Å². The monoisotopic (exact) mass is 465 g/mol. The highest BCUT2D eigenvalue weighted by atomic mass is 16.5. The Morgan fingerprint density at radius 3 is 2.54 bits per heavy atom. The number of rotatable bonds is 7. The Kier molecular flexibility index (Phi) is 6.00. The summed E-state index contributed by atoms with van der Waals surface area (Å²) < 4.78 is 11.9. The molecular formula is C30H27NO4. The Labute approximate surface area is 204 Å². The summed E-state index contributed by atoms with van der Waals surface area (Å²) in [7, 11) is 0. The van der Waals surface area contributed by atoms with Crippen LogP contribution in [0.3, 0.4) is 0 Å². The minimum absolute atomic E-state index is 0.126. The summed E-state index contributed by atoms with van der Waals surface area (Å²) in [6.45, 7) is 8.45. The van der Waals surface area contributed by atoms with Crippen LogP contribution in [-0.2, 0) is 6.42 Å². The first-order chi connectivity index (χ1) is 17.0. The van der Waals surface area contributed by atoms with E-state index in [0.29, 0.717) is 41.9 Å². The molecule has 1 atom stereocenters. The predicted octanol–water partition coefficient (Wildman–Crippen LogP) is 5.76. The smallest absolute Gasteiger partial charge is 0.290 e. The van der Waals surface area contributed by atoms with E-state index in [0.717, 1.165) is 22.3 Å². The molecule has 35 heavy (non-hydrogen) atoms. The van der Waals surface area contributed by atoms with Gasteiger partial charge in [0.15, 0.2) is 5.43 Å². The van der Waals surface area contributed by atoms with Gasteiger partial charge in [-0.3, -0.25) is 9.59 Å². The largest absolute Gasteiger partial charge is 0.490 e. The zero-order chi connectivity index (χ0) is 24.5. The zero-order valence-corrected chi connectivity index (χ0v) is 19.9. The molecule has 0 spiro atoms. The highest BCUT2D eigenvalue weighted by Gasteiger charge is 2.42. The van der Waals surface area contributed by atoms with Crippen LogP contribution >= 0.6 is 0 Å². The molecular weight excluding hydrogens is 438 g/mol. The van der Waals surface area contributed by atoms with Crippen LogP contribution in [0.15, 0.2) is 88.6 Å². The Hall–Kier alpha value is -4.12. The molecule has 0 radical (unpaired) electrons. The lowest BCUT2D eigenvalue weighted by atomic mass is 9.97. The van der Waals surface area contributed by atoms with Crippen molar-refractivity contribution < 1.29 is 13.9 Å². The number of aryl methyl sites for hydroxylation is 2. The second-order valence-corrected chi connectivity index (χ2v) is 8.92. The Bertz CT molecular complexity index is 1490. The van der Waals surface area contributed by atoms with Crippen LogP contribution in [0.4, 0.5) is 0 Å². The number of nitrogens with zero attached hydrogens (tertiary/aromatic N) is 1. The van der Waals surface area contributed by atoms with Crippen LogP contribution < -0.4 is 10.2 Å². The van der Waals surface area contributed by atoms with Crippen LogP contribution in [-0.4, -0.2) is 24.0 Å². The quantitative estimate of drug-likeness (QED) is 0.326. The van der Waals surface area contributed by atoms with Gasteiger partial charge in [0.25, 0.3) is 5.91 Å². The van der Waals surface area contributed by atoms with E-state index in [4.69, 9.17) is 9.15 Å². The number of amides is 1. The molecule has 1 aliphatic heterocycles. The van der Waals surface area contributed by atoms with E-state index in [1.54, 1.807) is 11.0 Å². The fraction of sp³-hybridized carbons (Fsp3) is 0.200. The molecule has 1 aliphatic rings. The number of benzene rings is 3. The molecule has 1 aromatic heterocycles. The number of carbonyl (C=O) groups is 1. The highest BCUT2D eigenvalue weighted by Crippen LogP contribution is 2.39. The van der Waals surface area contributed by atoms with Gasteiger partial charge < -0.3 is 14.1 Å². The molecule has 0 fully saturated rings. The van der Waals surface area contributed by atoms with Crippen LogP contribution in [0, 0.1) is 13.8 Å². The summed E-state index contributed by atoms with van der Waals surface area (Å²) in [5.74, 6) is 0.514. The Morgan fingerprint density at radius 2 is 1.77 bits per heavy atom. The molecule has 0 saturated carbocycles. The van der Waals surface area contributed by atoms with Crippen LogP contribution in [0.1, 0.15) is 44.4 Å². The summed E-state index contributed by atoms with van der Waals surface area (Å²) in [5, 5.41) is 0.494. The highest BCUT2D eigenvalue weighted by molar-refractivity contribution is 5.99. The minimum atomic E-state index is -0.559. The van der Waals surface area contributed by atoms with Gasteiger partial charge in [0.1, 0.15) is 17.9 Å². The fourth-order valence-electron chi connectivity index (χ4n) is 4.68. The van der Waals surface area contributed by atoms with Gasteiger partial charge in [0.05, 0.1) is 17.0 Å². The van der Waals surface area contributed by atoms with Gasteiger partial charge in [-0.25, -0.2) is 0 Å². The lowest BCUT2D eigenvalue weighted by molar-refractivity contribution is 0.0730. The maximum Gasteiger partial charge on any atom is 0.290 e. The number of hydrogen-bond acceptors (Lipinski definition) is 4. The van der Waals surface area contributed by atoms with Gasteiger partial charge in [0, 0.05) is 6.54 Å². The van der Waals surface area contributed by atoms with Crippen molar-refractivity contribution in [1.82, 2.24) is 4.90 Å². The van der Waals surface area contributed by atoms with Crippen LogP contribution in [0.5, 0.6) is 5.75 Å².